The highest BCUT2D eigenvalue weighted by Crippen LogP contribution is 2.34. The smallest absolute Gasteiger partial charge is 0.315 e. The standard InChI is InChI=1S/C85H123N23O18S2/c1-47(2)35-54(87)76(117)102-62(37-50-40-92-56-20-8-6-18-53(50)56)80(121)104-63(38-51-41-89-46-96-51)84(125)108-33-16-24-66(108)82(123)103-61(36-49-39-91-55-19-7-5-17-52(49)55)79(120)97-48(3)75(116)101-60(29-34-127-4)83(124)107-32-15-23-65(107)81(122)100-59(27-28-72(113)114)78(119)99-58(22-11-13-30-86)77(118)95-43-70(111)93-42-69(110)94-44-71(112)98-57(74(88)115)21-12-14-31-90-68(109)26-10-9-25-67-73-64(45-128-67)105-85(126)106-73/h5-8,17-20,39-41,46-48,54,57-67,73,91-92H,9-16,21-38,42-45,86-87H2,1-4H3,(H2,88,115)(H,89,96)(H,90,109)(H,93,111)(H,94,110)(H,95,118)(H,97,120)(H,98,112)(H,99,119)(H,100,122)(H,101,116)(H,102,117)(H,103,123)(H,104,121)(H,113,114)(H2,105,106,126)/t48-,54-,57-,58-,59-,60-,61-,62-,63-,64-,65-,66-,67-,73-/m0/s1. The number of nitrogens with two attached hydrogens (primary N) is 3. The highest BCUT2D eigenvalue weighted by atomic mass is 32.2. The van der Waals surface area contributed by atoms with Crippen LogP contribution in [0.2, 0.25) is 0 Å². The molecule has 5 aromatic rings. The third-order valence-electron chi connectivity index (χ3n) is 22.9. The number of unbranched alkanes of at least 4 members (excludes halogenated alkanes) is 3. The molecule has 41 nitrogen and oxygen atoms in total. The molecule has 43 heteroatoms. The SMILES string of the molecule is CSCC[C@H](NC(=O)[C@H](C)NC(=O)[C@H](Cc1c[nH]c2ccccc12)NC(=O)[C@@H]1CCCN1C(=O)[C@H](Cc1c[nH]cn1)NC(=O)[C@H](Cc1c[nH]c2ccccc12)NC(=O)[C@@H](N)CC(C)C)C(=O)N1CCC[C@H]1C(=O)N[C@@H](CCC(=O)O)C(=O)N[C@@H](CCCCN)C(=O)NCC(=O)NCC(=O)NCC(=O)N[C@@H](CCCCNC(=O)CCCC[C@@H]1SC[C@@H]2NC(=O)N[C@@H]21)C(N)=O. The van der Waals surface area contributed by atoms with Crippen molar-refractivity contribution < 1.29 is 86.6 Å². The van der Waals surface area contributed by atoms with Crippen LogP contribution in [0.3, 0.4) is 0 Å². The third-order valence-corrected chi connectivity index (χ3v) is 25.1. The molecule has 0 aliphatic carbocycles. The number of amides is 17. The first kappa shape index (κ1) is 99.9. The molecule has 24 N–H and O–H groups in total. The van der Waals surface area contributed by atoms with Crippen LogP contribution in [0.15, 0.2) is 73.4 Å². The molecular weight excluding hydrogens is 1700 g/mol. The van der Waals surface area contributed by atoms with Gasteiger partial charge in [-0.3, -0.25) is 76.7 Å². The monoisotopic (exact) mass is 1820 g/mol. The molecule has 4 saturated heterocycles. The summed E-state index contributed by atoms with van der Waals surface area (Å²) in [5.74, 6) is -11.2. The number of carboxylic acids is 1. The van der Waals surface area contributed by atoms with Crippen LogP contribution in [0, 0.1) is 5.92 Å². The van der Waals surface area contributed by atoms with Gasteiger partial charge in [0.15, 0.2) is 0 Å². The number of thioether (sulfide) groups is 2. The molecule has 0 saturated carbocycles. The van der Waals surface area contributed by atoms with Crippen LogP contribution in [0.1, 0.15) is 153 Å². The number of aromatic nitrogens is 4. The third kappa shape index (κ3) is 30.1. The Morgan fingerprint density at radius 2 is 1.11 bits per heavy atom. The summed E-state index contributed by atoms with van der Waals surface area (Å²) in [6.07, 6.45) is 12.4. The number of hydrogen-bond donors (Lipinski definition) is 21. The van der Waals surface area contributed by atoms with E-state index in [9.17, 15) is 81.8 Å². The van der Waals surface area contributed by atoms with Crippen molar-refractivity contribution in [3.8, 4) is 0 Å². The molecular formula is C85H123N23O18S2. The molecule has 0 bridgehead atoms. The van der Waals surface area contributed by atoms with Crippen LogP contribution in [0.4, 0.5) is 4.79 Å². The fourth-order valence-electron chi connectivity index (χ4n) is 16.1. The number of primary amides is 1. The Kier molecular flexibility index (Phi) is 39.1. The minimum absolute atomic E-state index is 0.00959. The number of aliphatic carboxylic acids is 1. The van der Waals surface area contributed by atoms with E-state index in [4.69, 9.17) is 17.2 Å². The van der Waals surface area contributed by atoms with Crippen molar-refractivity contribution in [3.63, 3.8) is 0 Å². The second kappa shape index (κ2) is 50.0. The number of carbonyl (C=O) groups excluding carboxylic acids is 16. The number of para-hydroxylation sites is 2. The number of nitrogens with zero attached hydrogens (tertiary/aromatic N) is 3. The number of aromatic amines is 3. The second-order valence-electron chi connectivity index (χ2n) is 33.1. The molecule has 3 aromatic heterocycles. The fourth-order valence-corrected chi connectivity index (χ4v) is 18.1. The molecule has 0 unspecified atom stereocenters. The van der Waals surface area contributed by atoms with Gasteiger partial charge >= 0.3 is 12.0 Å². The maximum atomic E-state index is 15.1. The Morgan fingerprint density at radius 3 is 1.72 bits per heavy atom. The first-order valence-electron chi connectivity index (χ1n) is 43.7. The lowest BCUT2D eigenvalue weighted by molar-refractivity contribution is -0.143. The average molecular weight is 1820 g/mol. The normalized spacial score (nSPS) is 18.5. The molecule has 0 radical (unpaired) electrons. The average Bonchev–Trinajstić information content (AvgIpc) is 1.65. The zero-order chi connectivity index (χ0) is 92.5. The van der Waals surface area contributed by atoms with Gasteiger partial charge in [0, 0.05) is 103 Å². The minimum Gasteiger partial charge on any atom is -0.481 e. The summed E-state index contributed by atoms with van der Waals surface area (Å²) >= 11 is 3.16. The molecule has 9 rings (SSSR count). The van der Waals surface area contributed by atoms with Crippen LogP contribution in [-0.2, 0) is 96.0 Å². The van der Waals surface area contributed by atoms with E-state index >= 15 is 4.79 Å². The van der Waals surface area contributed by atoms with Crippen LogP contribution < -0.4 is 91.6 Å². The quantitative estimate of drug-likeness (QED) is 0.0152. The van der Waals surface area contributed by atoms with Gasteiger partial charge < -0.3 is 121 Å². The molecule has 4 aliphatic heterocycles. The van der Waals surface area contributed by atoms with Crippen molar-refractivity contribution in [2.24, 2.45) is 23.1 Å². The number of carboxylic acid groups (broad SMARTS) is 1. The van der Waals surface area contributed by atoms with Crippen molar-refractivity contribution in [2.45, 2.75) is 239 Å². The molecule has 2 aromatic carbocycles. The van der Waals surface area contributed by atoms with Crippen LogP contribution >= 0.6 is 23.5 Å². The zero-order valence-corrected chi connectivity index (χ0v) is 74.2. The topological polar surface area (TPSA) is 624 Å². The number of H-pyrrole nitrogens is 3. The summed E-state index contributed by atoms with van der Waals surface area (Å²) in [6.45, 7) is 3.85. The highest BCUT2D eigenvalue weighted by Gasteiger charge is 2.45. The summed E-state index contributed by atoms with van der Waals surface area (Å²) in [5.41, 5.74) is 20.9. The molecule has 128 heavy (non-hydrogen) atoms. The molecule has 698 valence electrons. The van der Waals surface area contributed by atoms with E-state index in [-0.39, 0.29) is 114 Å². The lowest BCUT2D eigenvalue weighted by atomic mass is 10.0. The van der Waals surface area contributed by atoms with Gasteiger partial charge in [0.1, 0.15) is 60.4 Å². The van der Waals surface area contributed by atoms with E-state index < -0.39 is 188 Å². The number of fused-ring (bicyclic) bond motifs is 3. The molecule has 0 spiro atoms. The first-order valence-corrected chi connectivity index (χ1v) is 46.2. The number of hydrogen-bond acceptors (Lipinski definition) is 22. The van der Waals surface area contributed by atoms with Gasteiger partial charge in [-0.05, 0) is 151 Å². The van der Waals surface area contributed by atoms with E-state index in [0.29, 0.717) is 79.3 Å². The van der Waals surface area contributed by atoms with Crippen molar-refractivity contribution in [3.05, 3.63) is 90.3 Å². The summed E-state index contributed by atoms with van der Waals surface area (Å²) in [4.78, 5) is 248. The van der Waals surface area contributed by atoms with Gasteiger partial charge in [-0.15, -0.1) is 0 Å². The molecule has 4 aliphatic rings. The fraction of sp³-hybridized carbons (Fsp3) is 0.576. The van der Waals surface area contributed by atoms with Gasteiger partial charge in [-0.2, -0.15) is 23.5 Å². The first-order chi connectivity index (χ1) is 61.4. The van der Waals surface area contributed by atoms with Crippen molar-refractivity contribution in [1.82, 2.24) is 104 Å². The number of nitrogens with one attached hydrogen (secondary N) is 17. The molecule has 7 heterocycles. The van der Waals surface area contributed by atoms with Gasteiger partial charge in [0.25, 0.3) is 0 Å². The minimum atomic E-state index is -1.61. The lowest BCUT2D eigenvalue weighted by Gasteiger charge is -2.31. The Bertz CT molecular complexity index is 4700. The Labute approximate surface area is 749 Å². The summed E-state index contributed by atoms with van der Waals surface area (Å²) in [5, 5.41) is 49.0. The summed E-state index contributed by atoms with van der Waals surface area (Å²) in [6, 6.07) is 0.684. The number of urea groups is 1. The van der Waals surface area contributed by atoms with Crippen LogP contribution in [0.5, 0.6) is 0 Å². The van der Waals surface area contributed by atoms with Gasteiger partial charge in [-0.25, -0.2) is 9.78 Å². The van der Waals surface area contributed by atoms with Crippen molar-refractivity contribution >= 4 is 146 Å². The van der Waals surface area contributed by atoms with Gasteiger partial charge in [-0.1, -0.05) is 56.7 Å². The molecule has 14 atom stereocenters. The van der Waals surface area contributed by atoms with Crippen LogP contribution in [-0.4, -0.2) is 283 Å². The summed E-state index contributed by atoms with van der Waals surface area (Å²) < 4.78 is 0. The predicted octanol–water partition coefficient (Wildman–Crippen LogP) is -1.75. The number of imidazole rings is 1. The molecule has 4 fully saturated rings. The largest absolute Gasteiger partial charge is 0.481 e. The Hall–Kier alpha value is -11.9. The predicted molar refractivity (Wildman–Crippen MR) is 476 cm³/mol. The van der Waals surface area contributed by atoms with Crippen molar-refractivity contribution in [2.75, 3.05) is 63.6 Å². The lowest BCUT2D eigenvalue weighted by Crippen LogP contribution is -2.60. The number of likely N-dealkylation sites (tertiary alicyclic amines) is 2. The Morgan fingerprint density at radius 1 is 0.555 bits per heavy atom. The second-order valence-corrected chi connectivity index (χ2v) is 35.4. The maximum absolute atomic E-state index is 15.1. The van der Waals surface area contributed by atoms with E-state index in [1.54, 1.807) is 30.9 Å². The van der Waals surface area contributed by atoms with Crippen molar-refractivity contribution in [1.29, 1.82) is 0 Å². The highest BCUT2D eigenvalue weighted by molar-refractivity contribution is 8.00. The zero-order valence-electron chi connectivity index (χ0n) is 72.6. The number of carbonyl (C=O) groups is 17. The van der Waals surface area contributed by atoms with Crippen LogP contribution in [0.25, 0.3) is 21.8 Å². The van der Waals surface area contributed by atoms with E-state index in [0.717, 1.165) is 40.4 Å². The molecule has 17 amide bonds. The Balaban J connectivity index is 0.768. The van der Waals surface area contributed by atoms with E-state index in [1.807, 2.05) is 68.1 Å². The number of rotatable bonds is 53. The van der Waals surface area contributed by atoms with E-state index in [2.05, 4.69) is 94.4 Å². The number of benzene rings is 2. The van der Waals surface area contributed by atoms with Gasteiger partial charge in [0.05, 0.1) is 49.8 Å². The summed E-state index contributed by atoms with van der Waals surface area (Å²) in [7, 11) is 0. The maximum Gasteiger partial charge on any atom is 0.315 e. The van der Waals surface area contributed by atoms with Gasteiger partial charge in [0.2, 0.25) is 88.6 Å². The van der Waals surface area contributed by atoms with E-state index in [1.165, 1.54) is 34.8 Å².